The monoisotopic (exact) mass is 293 g/mol. The smallest absolute Gasteiger partial charge is 0.337 e. The number of halogens is 3. The van der Waals surface area contributed by atoms with E-state index in [1.54, 1.807) is 0 Å². The van der Waals surface area contributed by atoms with Gasteiger partial charge < -0.3 is 10.1 Å². The van der Waals surface area contributed by atoms with Crippen LogP contribution in [0.3, 0.4) is 0 Å². The first-order chi connectivity index (χ1) is 9.95. The Balaban J connectivity index is 2.20. The maximum atomic E-state index is 13.7. The summed E-state index contributed by atoms with van der Waals surface area (Å²) in [5.74, 6) is -4.68. The van der Waals surface area contributed by atoms with Crippen molar-refractivity contribution in [2.45, 2.75) is 0 Å². The van der Waals surface area contributed by atoms with Gasteiger partial charge in [0.25, 0.3) is 0 Å². The minimum absolute atomic E-state index is 0.0955. The number of aromatic nitrogens is 3. The van der Waals surface area contributed by atoms with Gasteiger partial charge in [0.1, 0.15) is 23.3 Å². The molecule has 0 aliphatic carbocycles. The number of carboxylic acids is 1. The molecule has 0 aliphatic rings. The number of hydrogen-bond donors (Lipinski definition) is 2. The first-order valence-electron chi connectivity index (χ1n) is 5.69. The van der Waals surface area contributed by atoms with Crippen LogP contribution < -0.4 is 0 Å². The average Bonchev–Trinajstić information content (AvgIpc) is 2.79. The van der Waals surface area contributed by atoms with Gasteiger partial charge in [-0.15, -0.1) is 0 Å². The molecule has 0 unspecified atom stereocenters. The second-order valence-corrected chi connectivity index (χ2v) is 4.23. The average molecular weight is 293 g/mol. The zero-order chi connectivity index (χ0) is 15.1. The molecule has 5 nitrogen and oxygen atoms in total. The van der Waals surface area contributed by atoms with Crippen LogP contribution in [-0.4, -0.2) is 26.0 Å². The molecule has 8 heteroatoms. The van der Waals surface area contributed by atoms with Gasteiger partial charge in [-0.1, -0.05) is 0 Å². The number of imidazole rings is 1. The summed E-state index contributed by atoms with van der Waals surface area (Å²) < 4.78 is 40.2. The molecule has 3 aromatic rings. The Morgan fingerprint density at radius 1 is 1.14 bits per heavy atom. The number of nitrogens with zero attached hydrogens (tertiary/aromatic N) is 2. The van der Waals surface area contributed by atoms with Crippen LogP contribution in [0.5, 0.6) is 0 Å². The second-order valence-electron chi connectivity index (χ2n) is 4.23. The van der Waals surface area contributed by atoms with Gasteiger partial charge >= 0.3 is 5.97 Å². The van der Waals surface area contributed by atoms with Gasteiger partial charge in [-0.25, -0.2) is 27.9 Å². The van der Waals surface area contributed by atoms with Crippen molar-refractivity contribution in [3.05, 3.63) is 47.4 Å². The molecule has 0 bridgehead atoms. The van der Waals surface area contributed by atoms with Crippen LogP contribution in [0, 0.1) is 17.5 Å². The van der Waals surface area contributed by atoms with Crippen LogP contribution in [0.15, 0.2) is 24.4 Å². The zero-order valence-corrected chi connectivity index (χ0v) is 10.2. The maximum absolute atomic E-state index is 13.7. The van der Waals surface area contributed by atoms with E-state index in [-0.39, 0.29) is 22.6 Å². The quantitative estimate of drug-likeness (QED) is 0.761. The lowest BCUT2D eigenvalue weighted by Gasteiger charge is -2.01. The third-order valence-electron chi connectivity index (χ3n) is 2.83. The molecule has 0 saturated heterocycles. The highest BCUT2D eigenvalue weighted by Gasteiger charge is 2.18. The summed E-state index contributed by atoms with van der Waals surface area (Å²) in [6.45, 7) is 0. The predicted molar refractivity (Wildman–Crippen MR) is 66.2 cm³/mol. The van der Waals surface area contributed by atoms with Gasteiger partial charge in [-0.3, -0.25) is 0 Å². The normalized spacial score (nSPS) is 11.0. The predicted octanol–water partition coefficient (Wildman–Crippen LogP) is 2.74. The molecule has 0 atom stereocenters. The molecule has 2 aromatic heterocycles. The molecule has 0 aliphatic heterocycles. The molecule has 0 saturated carbocycles. The Morgan fingerprint density at radius 2 is 1.81 bits per heavy atom. The van der Waals surface area contributed by atoms with Gasteiger partial charge in [0.15, 0.2) is 5.65 Å². The maximum Gasteiger partial charge on any atom is 0.337 e. The van der Waals surface area contributed by atoms with Crippen molar-refractivity contribution >= 4 is 17.1 Å². The van der Waals surface area contributed by atoms with Crippen LogP contribution in [-0.2, 0) is 0 Å². The standard InChI is InChI=1S/C13H6F3N3O2/c14-6-2-7(15)10(8(16)3-6)12-18-9-1-5(13(20)21)4-17-11(9)19-12/h1-4H,(H,20,21)(H,17,18,19). The Labute approximate surface area is 115 Å². The van der Waals surface area contributed by atoms with Crippen LogP contribution >= 0.6 is 0 Å². The lowest BCUT2D eigenvalue weighted by molar-refractivity contribution is 0.0696. The summed E-state index contributed by atoms with van der Waals surface area (Å²) >= 11 is 0. The third kappa shape index (κ3) is 2.20. The number of carboxylic acid groups (broad SMARTS) is 1. The van der Waals surface area contributed by atoms with Crippen molar-refractivity contribution in [2.24, 2.45) is 0 Å². The Bertz CT molecular complexity index is 853. The van der Waals surface area contributed by atoms with Crippen molar-refractivity contribution in [3.63, 3.8) is 0 Å². The van der Waals surface area contributed by atoms with E-state index in [0.29, 0.717) is 12.1 Å². The van der Waals surface area contributed by atoms with Gasteiger partial charge in [-0.2, -0.15) is 0 Å². The molecule has 0 radical (unpaired) electrons. The number of hydrogen-bond acceptors (Lipinski definition) is 3. The Kier molecular flexibility index (Phi) is 2.86. The van der Waals surface area contributed by atoms with E-state index in [2.05, 4.69) is 15.0 Å². The van der Waals surface area contributed by atoms with Crippen LogP contribution in [0.25, 0.3) is 22.6 Å². The number of benzene rings is 1. The van der Waals surface area contributed by atoms with E-state index >= 15 is 0 Å². The van der Waals surface area contributed by atoms with Gasteiger partial charge in [0.2, 0.25) is 0 Å². The molecule has 2 N–H and O–H groups in total. The Morgan fingerprint density at radius 3 is 2.43 bits per heavy atom. The highest BCUT2D eigenvalue weighted by Crippen LogP contribution is 2.26. The highest BCUT2D eigenvalue weighted by atomic mass is 19.1. The number of aromatic carboxylic acids is 1. The zero-order valence-electron chi connectivity index (χ0n) is 10.2. The van der Waals surface area contributed by atoms with Gasteiger partial charge in [-0.05, 0) is 6.07 Å². The van der Waals surface area contributed by atoms with E-state index < -0.39 is 29.0 Å². The molecular weight excluding hydrogens is 287 g/mol. The van der Waals surface area contributed by atoms with E-state index in [9.17, 15) is 18.0 Å². The second kappa shape index (κ2) is 4.58. The summed E-state index contributed by atoms with van der Waals surface area (Å²) in [5.41, 5.74) is -0.338. The van der Waals surface area contributed by atoms with Crippen molar-refractivity contribution in [2.75, 3.05) is 0 Å². The molecule has 1 aromatic carbocycles. The third-order valence-corrected chi connectivity index (χ3v) is 2.83. The van der Waals surface area contributed by atoms with Crippen LogP contribution in [0.2, 0.25) is 0 Å². The van der Waals surface area contributed by atoms with Crippen molar-refractivity contribution < 1.29 is 23.1 Å². The lowest BCUT2D eigenvalue weighted by atomic mass is 10.2. The lowest BCUT2D eigenvalue weighted by Crippen LogP contribution is -1.96. The van der Waals surface area contributed by atoms with E-state index in [4.69, 9.17) is 5.11 Å². The highest BCUT2D eigenvalue weighted by molar-refractivity contribution is 5.91. The molecule has 21 heavy (non-hydrogen) atoms. The fourth-order valence-corrected chi connectivity index (χ4v) is 1.90. The number of rotatable bonds is 2. The number of aromatic amines is 1. The van der Waals surface area contributed by atoms with Crippen LogP contribution in [0.4, 0.5) is 13.2 Å². The SMILES string of the molecule is O=C(O)c1cnc2nc(-c3c(F)cc(F)cc3F)[nH]c2c1. The van der Waals surface area contributed by atoms with Crippen molar-refractivity contribution in [1.82, 2.24) is 15.0 Å². The molecule has 0 spiro atoms. The van der Waals surface area contributed by atoms with Gasteiger partial charge in [0, 0.05) is 18.3 Å². The van der Waals surface area contributed by atoms with Crippen molar-refractivity contribution in [1.29, 1.82) is 0 Å². The fourth-order valence-electron chi connectivity index (χ4n) is 1.90. The topological polar surface area (TPSA) is 78.9 Å². The number of nitrogens with one attached hydrogen (secondary N) is 1. The number of fused-ring (bicyclic) bond motifs is 1. The van der Waals surface area contributed by atoms with Gasteiger partial charge in [0.05, 0.1) is 16.6 Å². The summed E-state index contributed by atoms with van der Waals surface area (Å²) in [7, 11) is 0. The summed E-state index contributed by atoms with van der Waals surface area (Å²) in [6.07, 6.45) is 1.08. The molecular formula is C13H6F3N3O2. The minimum atomic E-state index is -1.19. The van der Waals surface area contributed by atoms with Crippen LogP contribution in [0.1, 0.15) is 10.4 Å². The number of H-pyrrole nitrogens is 1. The molecule has 106 valence electrons. The Hall–Kier alpha value is -2.90. The fraction of sp³-hybridized carbons (Fsp3) is 0. The number of pyridine rings is 1. The first-order valence-corrected chi connectivity index (χ1v) is 5.69. The van der Waals surface area contributed by atoms with E-state index in [0.717, 1.165) is 6.20 Å². The largest absolute Gasteiger partial charge is 0.478 e. The van der Waals surface area contributed by atoms with Crippen molar-refractivity contribution in [3.8, 4) is 11.4 Å². The summed E-state index contributed by atoms with van der Waals surface area (Å²) in [4.78, 5) is 21.1. The summed E-state index contributed by atoms with van der Waals surface area (Å²) in [6, 6.07) is 2.30. The molecule has 0 amide bonds. The van der Waals surface area contributed by atoms with E-state index in [1.165, 1.54) is 6.07 Å². The number of carbonyl (C=O) groups is 1. The molecule has 3 rings (SSSR count). The van der Waals surface area contributed by atoms with E-state index in [1.807, 2.05) is 0 Å². The minimum Gasteiger partial charge on any atom is -0.478 e. The molecule has 2 heterocycles. The molecule has 0 fully saturated rings. The summed E-state index contributed by atoms with van der Waals surface area (Å²) in [5, 5.41) is 8.85. The first kappa shape index (κ1) is 13.1.